The molecule has 1 aliphatic heterocycles. The highest BCUT2D eigenvalue weighted by molar-refractivity contribution is 6.17. The van der Waals surface area contributed by atoms with Crippen molar-refractivity contribution >= 4 is 11.4 Å². The van der Waals surface area contributed by atoms with Crippen molar-refractivity contribution in [3.63, 3.8) is 0 Å². The molecule has 56 heavy (non-hydrogen) atoms. The molecular weight excluding hydrogens is 687 g/mol. The fourth-order valence-corrected chi connectivity index (χ4v) is 8.32. The summed E-state index contributed by atoms with van der Waals surface area (Å²) in [4.78, 5) is 15.5. The summed E-state index contributed by atoms with van der Waals surface area (Å²) in [6, 6.07) is 58.7. The zero-order chi connectivity index (χ0) is 37.6. The Kier molecular flexibility index (Phi) is 7.89. The lowest BCUT2D eigenvalue weighted by Crippen LogP contribution is -2.32. The third-order valence-electron chi connectivity index (χ3n) is 10.7. The number of hydrogen-bond acceptors (Lipinski definition) is 6. The molecular formula is C50H33N5O. The average Bonchev–Trinajstić information content (AvgIpc) is 3.57. The Morgan fingerprint density at radius 1 is 0.446 bits per heavy atom. The molecule has 264 valence electrons. The van der Waals surface area contributed by atoms with E-state index >= 15 is 0 Å². The summed E-state index contributed by atoms with van der Waals surface area (Å²) in [7, 11) is 0. The van der Waals surface area contributed by atoms with Crippen molar-refractivity contribution in [3.05, 3.63) is 221 Å². The van der Waals surface area contributed by atoms with E-state index in [2.05, 4.69) is 48.5 Å². The summed E-state index contributed by atoms with van der Waals surface area (Å²) < 4.78 is 6.66. The molecule has 0 bridgehead atoms. The molecule has 8 aromatic rings. The van der Waals surface area contributed by atoms with E-state index in [1.807, 2.05) is 127 Å². The first-order chi connectivity index (χ1) is 27.6. The summed E-state index contributed by atoms with van der Waals surface area (Å²) in [5.74, 6) is 3.25. The van der Waals surface area contributed by atoms with Crippen molar-refractivity contribution in [3.8, 4) is 56.8 Å². The van der Waals surface area contributed by atoms with Crippen LogP contribution in [-0.2, 0) is 5.41 Å². The SMILES string of the molecule is N=C(/C=C\C(=N)c1cccc2c1-c1cccc(-c3nc(-c4ccccc4)nc(-c4ccccc4)n3)c1C21c2ccccc2Oc2ccccc21)c1ccccc1. The molecule has 0 amide bonds. The molecule has 2 N–H and O–H groups in total. The summed E-state index contributed by atoms with van der Waals surface area (Å²) in [5, 5.41) is 18.3. The van der Waals surface area contributed by atoms with Crippen molar-refractivity contribution < 1.29 is 4.74 Å². The molecule has 6 nitrogen and oxygen atoms in total. The zero-order valence-electron chi connectivity index (χ0n) is 30.1. The number of benzene rings is 7. The minimum atomic E-state index is -0.851. The van der Waals surface area contributed by atoms with Crippen LogP contribution in [0.3, 0.4) is 0 Å². The summed E-state index contributed by atoms with van der Waals surface area (Å²) in [5.41, 5.74) is 9.99. The van der Waals surface area contributed by atoms with Gasteiger partial charge in [-0.15, -0.1) is 0 Å². The standard InChI is InChI=1S/C50H33N5O/c51-41(32-16-4-1-5-17-32)30-31-42(52)35-22-15-27-40-45(35)36-23-14-24-37(46(36)50(40)38-25-10-12-28-43(38)56-44-29-13-11-26-39(44)50)49-54-47(33-18-6-2-7-19-33)53-48(55-49)34-20-8-3-9-21-34/h1-31,51-52H/b31-30-,51-41?,52-42?. The maximum atomic E-state index is 9.51. The number of nitrogens with zero attached hydrogens (tertiary/aromatic N) is 3. The minimum Gasteiger partial charge on any atom is -0.457 e. The Bertz CT molecular complexity index is 2760. The number of fused-ring (bicyclic) bond motifs is 9. The number of allylic oxidation sites excluding steroid dienone is 2. The van der Waals surface area contributed by atoms with Crippen LogP contribution in [0.25, 0.3) is 45.3 Å². The first kappa shape index (κ1) is 33.0. The van der Waals surface area contributed by atoms with Crippen molar-refractivity contribution in [2.45, 2.75) is 5.41 Å². The van der Waals surface area contributed by atoms with Crippen LogP contribution in [0, 0.1) is 10.8 Å². The van der Waals surface area contributed by atoms with Crippen LogP contribution in [0.4, 0.5) is 0 Å². The first-order valence-corrected chi connectivity index (χ1v) is 18.5. The lowest BCUT2D eigenvalue weighted by Gasteiger charge is -2.40. The molecule has 7 aromatic carbocycles. The van der Waals surface area contributed by atoms with Crippen LogP contribution in [0.15, 0.2) is 188 Å². The second kappa shape index (κ2) is 13.4. The Hall–Kier alpha value is -7.57. The Labute approximate surface area is 324 Å². The van der Waals surface area contributed by atoms with Crippen LogP contribution in [0.5, 0.6) is 11.5 Å². The zero-order valence-corrected chi connectivity index (χ0v) is 30.1. The van der Waals surface area contributed by atoms with Gasteiger partial charge in [0.05, 0.1) is 16.8 Å². The van der Waals surface area contributed by atoms with E-state index in [1.165, 1.54) is 0 Å². The lowest BCUT2D eigenvalue weighted by atomic mass is 9.65. The normalized spacial score (nSPS) is 13.0. The second-order valence-electron chi connectivity index (χ2n) is 13.9. The van der Waals surface area contributed by atoms with Crippen LogP contribution in [0.1, 0.15) is 33.4 Å². The minimum absolute atomic E-state index is 0.308. The molecule has 0 saturated heterocycles. The van der Waals surface area contributed by atoms with E-state index in [1.54, 1.807) is 12.2 Å². The van der Waals surface area contributed by atoms with Gasteiger partial charge in [-0.1, -0.05) is 164 Å². The Morgan fingerprint density at radius 2 is 0.929 bits per heavy atom. The van der Waals surface area contributed by atoms with Gasteiger partial charge < -0.3 is 15.6 Å². The largest absolute Gasteiger partial charge is 0.457 e. The van der Waals surface area contributed by atoms with E-state index in [9.17, 15) is 5.41 Å². The van der Waals surface area contributed by atoms with Gasteiger partial charge in [-0.05, 0) is 52.1 Å². The highest BCUT2D eigenvalue weighted by Crippen LogP contribution is 2.64. The predicted octanol–water partition coefficient (Wildman–Crippen LogP) is 11.3. The summed E-state index contributed by atoms with van der Waals surface area (Å²) in [6.07, 6.45) is 3.44. The van der Waals surface area contributed by atoms with Gasteiger partial charge in [0.2, 0.25) is 0 Å². The highest BCUT2D eigenvalue weighted by atomic mass is 16.5. The van der Waals surface area contributed by atoms with Crippen LogP contribution >= 0.6 is 0 Å². The molecule has 0 atom stereocenters. The fourth-order valence-electron chi connectivity index (χ4n) is 8.32. The number of aromatic nitrogens is 3. The van der Waals surface area contributed by atoms with Crippen LogP contribution in [-0.4, -0.2) is 26.4 Å². The van der Waals surface area contributed by atoms with Gasteiger partial charge in [0, 0.05) is 33.4 Å². The number of nitrogens with one attached hydrogen (secondary N) is 2. The molecule has 0 saturated carbocycles. The Balaban J connectivity index is 1.27. The number of rotatable bonds is 7. The molecule has 0 unspecified atom stereocenters. The maximum absolute atomic E-state index is 9.51. The number of hydrogen-bond donors (Lipinski definition) is 2. The predicted molar refractivity (Wildman–Crippen MR) is 223 cm³/mol. The van der Waals surface area contributed by atoms with Crippen molar-refractivity contribution in [1.29, 1.82) is 10.8 Å². The summed E-state index contributed by atoms with van der Waals surface area (Å²) in [6.45, 7) is 0. The molecule has 2 heterocycles. The topological polar surface area (TPSA) is 95.6 Å². The van der Waals surface area contributed by atoms with Crippen LogP contribution < -0.4 is 4.74 Å². The van der Waals surface area contributed by atoms with E-state index in [0.29, 0.717) is 28.9 Å². The quantitative estimate of drug-likeness (QED) is 0.160. The van der Waals surface area contributed by atoms with E-state index in [-0.39, 0.29) is 0 Å². The molecule has 0 radical (unpaired) electrons. The molecule has 2 aliphatic rings. The van der Waals surface area contributed by atoms with Gasteiger partial charge in [0.15, 0.2) is 17.5 Å². The summed E-state index contributed by atoms with van der Waals surface area (Å²) >= 11 is 0. The van der Waals surface area contributed by atoms with Crippen LogP contribution in [0.2, 0.25) is 0 Å². The molecule has 0 fully saturated rings. The van der Waals surface area contributed by atoms with Crippen molar-refractivity contribution in [2.24, 2.45) is 0 Å². The van der Waals surface area contributed by atoms with Gasteiger partial charge in [-0.2, -0.15) is 0 Å². The second-order valence-corrected chi connectivity index (χ2v) is 13.9. The van der Waals surface area contributed by atoms with Crippen molar-refractivity contribution in [1.82, 2.24) is 15.0 Å². The third-order valence-corrected chi connectivity index (χ3v) is 10.7. The third kappa shape index (κ3) is 5.22. The number of para-hydroxylation sites is 2. The Morgan fingerprint density at radius 3 is 1.55 bits per heavy atom. The molecule has 1 spiro atoms. The number of ether oxygens (including phenoxy) is 1. The van der Waals surface area contributed by atoms with Gasteiger partial charge >= 0.3 is 0 Å². The molecule has 6 heteroatoms. The smallest absolute Gasteiger partial charge is 0.164 e. The van der Waals surface area contributed by atoms with Gasteiger partial charge in [-0.25, -0.2) is 15.0 Å². The van der Waals surface area contributed by atoms with E-state index < -0.39 is 5.41 Å². The monoisotopic (exact) mass is 719 g/mol. The molecule has 10 rings (SSSR count). The molecule has 1 aliphatic carbocycles. The van der Waals surface area contributed by atoms with Gasteiger partial charge in [0.1, 0.15) is 11.5 Å². The van der Waals surface area contributed by atoms with E-state index in [4.69, 9.17) is 25.1 Å². The maximum Gasteiger partial charge on any atom is 0.164 e. The fraction of sp³-hybridized carbons (Fsp3) is 0.0200. The molecule has 1 aromatic heterocycles. The van der Waals surface area contributed by atoms with Gasteiger partial charge in [0.25, 0.3) is 0 Å². The van der Waals surface area contributed by atoms with Gasteiger partial charge in [-0.3, -0.25) is 0 Å². The first-order valence-electron chi connectivity index (χ1n) is 18.5. The van der Waals surface area contributed by atoms with Crippen molar-refractivity contribution in [2.75, 3.05) is 0 Å². The highest BCUT2D eigenvalue weighted by Gasteiger charge is 2.53. The average molecular weight is 720 g/mol. The van der Waals surface area contributed by atoms with E-state index in [0.717, 1.165) is 72.7 Å². The lowest BCUT2D eigenvalue weighted by molar-refractivity contribution is 0.436.